The molecule has 1 aliphatic heterocycles. The van der Waals surface area contributed by atoms with Crippen LogP contribution in [0.2, 0.25) is 0 Å². The lowest BCUT2D eigenvalue weighted by Crippen LogP contribution is -2.49. The molecule has 0 unspecified atom stereocenters. The number of hydrogen-bond acceptors (Lipinski definition) is 1. The average Bonchev–Trinajstić information content (AvgIpc) is 2.44. The molecule has 1 aliphatic rings. The quantitative estimate of drug-likeness (QED) is 0.355. The molecule has 0 bridgehead atoms. The van der Waals surface area contributed by atoms with E-state index in [9.17, 15) is 30.7 Å². The highest BCUT2D eigenvalue weighted by molar-refractivity contribution is 5.27. The second-order valence-electron chi connectivity index (χ2n) is 4.14. The molecule has 1 aromatic rings. The molecule has 1 saturated heterocycles. The summed E-state index contributed by atoms with van der Waals surface area (Å²) in [6.07, 6.45) is 0. The van der Waals surface area contributed by atoms with Crippen LogP contribution in [0.15, 0.2) is 0 Å². The van der Waals surface area contributed by atoms with Crippen molar-refractivity contribution in [1.82, 2.24) is 10.2 Å². The van der Waals surface area contributed by atoms with Crippen LogP contribution in [-0.4, -0.2) is 31.1 Å². The minimum Gasteiger partial charge on any atom is -0.239 e. The third kappa shape index (κ3) is 2.24. The fraction of sp³-hybridized carbons (Fsp3) is 0.455. The Morgan fingerprint density at radius 1 is 0.750 bits per heavy atom. The second kappa shape index (κ2) is 5.21. The van der Waals surface area contributed by atoms with Crippen molar-refractivity contribution >= 4 is 0 Å². The lowest BCUT2D eigenvalue weighted by molar-refractivity contribution is -0.163. The Balaban J connectivity index is 2.56. The maximum absolute atomic E-state index is 14.0. The number of alkyl halides is 2. The molecular weight excluding hydrogens is 293 g/mol. The van der Waals surface area contributed by atoms with Gasteiger partial charge in [-0.05, 0) is 0 Å². The van der Waals surface area contributed by atoms with Crippen molar-refractivity contribution in [2.45, 2.75) is 6.05 Å². The SMILES string of the molecule is Fc1c(F)c(F)c(C(F)(F)N2CC[N]CC2)c(F)c1F. The Morgan fingerprint density at radius 2 is 1.15 bits per heavy atom. The molecule has 0 amide bonds. The minimum atomic E-state index is -4.31. The van der Waals surface area contributed by atoms with Gasteiger partial charge in [0.15, 0.2) is 23.3 Å². The number of hydrogen-bond donors (Lipinski definition) is 0. The van der Waals surface area contributed by atoms with Crippen LogP contribution in [-0.2, 0) is 6.05 Å². The Labute approximate surface area is 109 Å². The van der Waals surface area contributed by atoms with Crippen molar-refractivity contribution in [2.24, 2.45) is 0 Å². The molecule has 111 valence electrons. The third-order valence-electron chi connectivity index (χ3n) is 2.96. The smallest absolute Gasteiger partial charge is 0.239 e. The van der Waals surface area contributed by atoms with Gasteiger partial charge in [0.2, 0.25) is 5.82 Å². The van der Waals surface area contributed by atoms with E-state index in [-0.39, 0.29) is 26.2 Å². The van der Waals surface area contributed by atoms with Gasteiger partial charge in [0, 0.05) is 26.2 Å². The van der Waals surface area contributed by atoms with E-state index in [4.69, 9.17) is 0 Å². The molecule has 20 heavy (non-hydrogen) atoms. The summed E-state index contributed by atoms with van der Waals surface area (Å²) < 4.78 is 93.6. The van der Waals surface area contributed by atoms with Gasteiger partial charge in [0.05, 0.1) is 0 Å². The van der Waals surface area contributed by atoms with Gasteiger partial charge in [0.25, 0.3) is 0 Å². The summed E-state index contributed by atoms with van der Waals surface area (Å²) in [6, 6.07) is -4.31. The number of piperazine rings is 1. The van der Waals surface area contributed by atoms with Crippen molar-refractivity contribution in [3.63, 3.8) is 0 Å². The number of nitrogens with zero attached hydrogens (tertiary/aromatic N) is 2. The molecule has 9 heteroatoms. The molecule has 0 aliphatic carbocycles. The molecule has 0 aromatic heterocycles. The number of halogens is 7. The molecule has 0 spiro atoms. The Hall–Kier alpha value is -1.35. The van der Waals surface area contributed by atoms with Crippen LogP contribution in [0.5, 0.6) is 0 Å². The largest absolute Gasteiger partial charge is 0.337 e. The second-order valence-corrected chi connectivity index (χ2v) is 4.14. The van der Waals surface area contributed by atoms with Crippen molar-refractivity contribution in [3.8, 4) is 0 Å². The summed E-state index contributed by atoms with van der Waals surface area (Å²) in [5.74, 6) is -12.3. The standard InChI is InChI=1S/C11H8F7N2/c12-6-5(7(13)9(15)10(16)8(6)14)11(17,18)20-3-1-19-2-4-20/h1-4H2. The van der Waals surface area contributed by atoms with E-state index in [1.807, 2.05) is 0 Å². The fourth-order valence-corrected chi connectivity index (χ4v) is 1.91. The van der Waals surface area contributed by atoms with Gasteiger partial charge in [-0.2, -0.15) is 8.78 Å². The Morgan fingerprint density at radius 3 is 1.60 bits per heavy atom. The fourth-order valence-electron chi connectivity index (χ4n) is 1.91. The van der Waals surface area contributed by atoms with Crippen LogP contribution in [0.4, 0.5) is 30.7 Å². The first-order valence-corrected chi connectivity index (χ1v) is 5.56. The van der Waals surface area contributed by atoms with E-state index in [1.54, 1.807) is 0 Å². The first-order chi connectivity index (χ1) is 9.28. The summed E-state index contributed by atoms with van der Waals surface area (Å²) in [4.78, 5) is 0.332. The van der Waals surface area contributed by atoms with Crippen molar-refractivity contribution in [1.29, 1.82) is 0 Å². The van der Waals surface area contributed by atoms with Gasteiger partial charge >= 0.3 is 6.05 Å². The van der Waals surface area contributed by atoms with Gasteiger partial charge in [0.1, 0.15) is 5.56 Å². The predicted octanol–water partition coefficient (Wildman–Crippen LogP) is 2.35. The summed E-state index contributed by atoms with van der Waals surface area (Å²) in [6.45, 7) is -0.699. The van der Waals surface area contributed by atoms with Crippen molar-refractivity contribution in [2.75, 3.05) is 26.2 Å². The van der Waals surface area contributed by atoms with Crippen LogP contribution in [0.25, 0.3) is 0 Å². The normalized spacial score (nSPS) is 17.6. The van der Waals surface area contributed by atoms with Crippen molar-refractivity contribution in [3.05, 3.63) is 34.6 Å². The van der Waals surface area contributed by atoms with Gasteiger partial charge < -0.3 is 0 Å². The molecule has 1 aromatic carbocycles. The van der Waals surface area contributed by atoms with E-state index >= 15 is 0 Å². The van der Waals surface area contributed by atoms with E-state index in [0.717, 1.165) is 0 Å². The van der Waals surface area contributed by atoms with E-state index in [2.05, 4.69) is 5.32 Å². The zero-order chi connectivity index (χ0) is 15.1. The minimum absolute atomic E-state index is 0.00894. The van der Waals surface area contributed by atoms with Gasteiger partial charge in [-0.25, -0.2) is 32.2 Å². The Bertz CT molecular complexity index is 497. The first kappa shape index (κ1) is 15.0. The molecule has 0 atom stereocenters. The summed E-state index contributed by atoms with van der Waals surface area (Å²) >= 11 is 0. The van der Waals surface area contributed by atoms with E-state index < -0.39 is 40.7 Å². The summed E-state index contributed by atoms with van der Waals surface area (Å²) in [5.41, 5.74) is -2.13. The zero-order valence-electron chi connectivity index (χ0n) is 9.87. The highest BCUT2D eigenvalue weighted by Crippen LogP contribution is 2.38. The molecule has 2 rings (SSSR count). The molecular formula is C11H8F7N2. The van der Waals surface area contributed by atoms with Crippen LogP contribution in [0.3, 0.4) is 0 Å². The van der Waals surface area contributed by atoms with E-state index in [1.165, 1.54) is 0 Å². The van der Waals surface area contributed by atoms with Crippen molar-refractivity contribution < 1.29 is 30.7 Å². The van der Waals surface area contributed by atoms with Gasteiger partial charge in [-0.1, -0.05) is 0 Å². The molecule has 2 nitrogen and oxygen atoms in total. The predicted molar refractivity (Wildman–Crippen MR) is 53.6 cm³/mol. The average molecular weight is 301 g/mol. The van der Waals surface area contributed by atoms with Crippen LogP contribution < -0.4 is 5.32 Å². The molecule has 0 saturated carbocycles. The molecule has 1 radical (unpaired) electrons. The molecule has 1 fully saturated rings. The maximum Gasteiger partial charge on any atom is 0.337 e. The Kier molecular flexibility index (Phi) is 3.92. The van der Waals surface area contributed by atoms with Crippen LogP contribution in [0, 0.1) is 29.1 Å². The number of rotatable bonds is 2. The molecule has 1 heterocycles. The first-order valence-electron chi connectivity index (χ1n) is 5.56. The van der Waals surface area contributed by atoms with Gasteiger partial charge in [-0.3, -0.25) is 0 Å². The lowest BCUT2D eigenvalue weighted by atomic mass is 10.1. The maximum atomic E-state index is 14.0. The van der Waals surface area contributed by atoms with Gasteiger partial charge in [-0.15, -0.1) is 0 Å². The highest BCUT2D eigenvalue weighted by atomic mass is 19.3. The zero-order valence-corrected chi connectivity index (χ0v) is 9.87. The van der Waals surface area contributed by atoms with E-state index in [0.29, 0.717) is 4.90 Å². The summed E-state index contributed by atoms with van der Waals surface area (Å²) in [7, 11) is 0. The third-order valence-corrected chi connectivity index (χ3v) is 2.96. The number of benzene rings is 1. The topological polar surface area (TPSA) is 17.3 Å². The lowest BCUT2D eigenvalue weighted by Gasteiger charge is -2.34. The summed E-state index contributed by atoms with van der Waals surface area (Å²) in [5, 5.41) is 3.76. The van der Waals surface area contributed by atoms with Crippen LogP contribution in [0.1, 0.15) is 5.56 Å². The highest BCUT2D eigenvalue weighted by Gasteiger charge is 2.47. The monoisotopic (exact) mass is 301 g/mol. The molecule has 0 N–H and O–H groups in total. The van der Waals surface area contributed by atoms with Crippen LogP contribution >= 0.6 is 0 Å².